The molecule has 14 rings (SSSR count). The Hall–Kier alpha value is -8.10. The van der Waals surface area contributed by atoms with E-state index in [0.29, 0.717) is 40.0 Å². The molecule has 330 valence electrons. The second-order valence-corrected chi connectivity index (χ2v) is 16.1. The maximum absolute atomic E-state index is 6.62. The van der Waals surface area contributed by atoms with E-state index in [4.69, 9.17) is 19.4 Å². The first-order valence-electron chi connectivity index (χ1n) is 21.6. The van der Waals surface area contributed by atoms with Crippen LogP contribution in [0.5, 0.6) is 23.0 Å². The molecule has 8 aromatic carbocycles. The number of rotatable bonds is 7. The largest absolute Gasteiger partial charge is 2.00 e. The fourth-order valence-corrected chi connectivity index (χ4v) is 9.43. The van der Waals surface area contributed by atoms with Crippen LogP contribution in [0.25, 0.3) is 105 Å². The van der Waals surface area contributed by atoms with Gasteiger partial charge in [0.1, 0.15) is 24.3 Å². The van der Waals surface area contributed by atoms with Crippen molar-refractivity contribution in [2.24, 2.45) is 0 Å². The van der Waals surface area contributed by atoms with Gasteiger partial charge in [-0.3, -0.25) is 0 Å². The first-order chi connectivity index (χ1) is 33.2. The standard InChI is InChI=1S/C56H29N9O2.2Pt/c1-5-14-46-44(12-1)54(61-32-59-46)63-48-16-7-3-10-38(48)40-22-18-34(28-50(40)63)66-36-20-24-42-43-25-21-37(31-53(43)65(52(42)30-36)56-57-26-9-27-58-56)67-35-19-23-41-39-11-4-8-17-49(39)64(51(41)29-35)55-45-13-2-6-15-47(45)60-33-62-55;;/h1-27,32-33H;;/q-4;2*+2. The minimum atomic E-state index is 0. The van der Waals surface area contributed by atoms with E-state index in [1.165, 1.54) is 0 Å². The number of ether oxygens (including phenoxy) is 2. The normalized spacial score (nSPS) is 11.5. The monoisotopic (exact) mass is 1250 g/mol. The minimum absolute atomic E-state index is 0. The molecule has 0 spiro atoms. The average molecular weight is 1250 g/mol. The van der Waals surface area contributed by atoms with E-state index < -0.39 is 0 Å². The van der Waals surface area contributed by atoms with Crippen molar-refractivity contribution in [1.82, 2.24) is 43.6 Å². The van der Waals surface area contributed by atoms with Gasteiger partial charge in [0.15, 0.2) is 0 Å². The van der Waals surface area contributed by atoms with Crippen molar-refractivity contribution in [2.75, 3.05) is 0 Å². The first kappa shape index (κ1) is 42.3. The molecule has 0 saturated heterocycles. The predicted octanol–water partition coefficient (Wildman–Crippen LogP) is 12.4. The second kappa shape index (κ2) is 16.9. The molecule has 0 radical (unpaired) electrons. The number of nitrogens with zero attached hydrogens (tertiary/aromatic N) is 9. The summed E-state index contributed by atoms with van der Waals surface area (Å²) in [5.41, 5.74) is 6.81. The van der Waals surface area contributed by atoms with Gasteiger partial charge >= 0.3 is 42.1 Å². The predicted molar refractivity (Wildman–Crippen MR) is 260 cm³/mol. The average Bonchev–Trinajstić information content (AvgIpc) is 4.00. The minimum Gasteiger partial charge on any atom is -0.509 e. The summed E-state index contributed by atoms with van der Waals surface area (Å²) in [5.74, 6) is 4.01. The molecule has 0 aliphatic heterocycles. The molecular weight excluding hydrogens is 1220 g/mol. The van der Waals surface area contributed by atoms with Gasteiger partial charge in [-0.2, -0.15) is 35.0 Å². The van der Waals surface area contributed by atoms with Crippen LogP contribution in [-0.4, -0.2) is 43.6 Å². The second-order valence-electron chi connectivity index (χ2n) is 16.1. The topological polar surface area (TPSA) is 111 Å². The van der Waals surface area contributed by atoms with Crippen molar-refractivity contribution in [3.05, 3.63) is 201 Å². The van der Waals surface area contributed by atoms with Crippen molar-refractivity contribution < 1.29 is 51.6 Å². The van der Waals surface area contributed by atoms with Crippen LogP contribution in [0, 0.1) is 24.3 Å². The van der Waals surface area contributed by atoms with Crippen LogP contribution < -0.4 is 9.47 Å². The number of benzene rings is 8. The van der Waals surface area contributed by atoms with E-state index in [0.717, 1.165) is 87.8 Å². The maximum atomic E-state index is 6.62. The SMILES string of the molecule is [Pt+2].[Pt+2].[c-]1c(Oc2[c-]c3c(cc2)c2ccccc2n3-c2ncnc3ccccc23)ccc2c3ccc(Oc4[c-]c5c(cc4)c4ccccc4n5-c4ncnc5ccccc45)[c-]c3n(-c3ncccn3)c12. The molecule has 0 N–H and O–H groups in total. The van der Waals surface area contributed by atoms with Crippen LogP contribution in [0.15, 0.2) is 177 Å². The quantitative estimate of drug-likeness (QED) is 0.145. The maximum Gasteiger partial charge on any atom is 2.00 e. The van der Waals surface area contributed by atoms with E-state index >= 15 is 0 Å². The smallest absolute Gasteiger partial charge is 0.509 e. The molecule has 0 aliphatic rings. The van der Waals surface area contributed by atoms with Gasteiger partial charge in [-0.15, -0.1) is 59.3 Å². The van der Waals surface area contributed by atoms with Gasteiger partial charge in [0.05, 0.1) is 11.0 Å². The Morgan fingerprint density at radius 1 is 0.319 bits per heavy atom. The zero-order valence-electron chi connectivity index (χ0n) is 35.7. The van der Waals surface area contributed by atoms with E-state index in [-0.39, 0.29) is 42.1 Å². The van der Waals surface area contributed by atoms with Crippen LogP contribution in [-0.2, 0) is 42.1 Å². The molecule has 69 heavy (non-hydrogen) atoms. The van der Waals surface area contributed by atoms with Gasteiger partial charge in [-0.05, 0) is 53.2 Å². The molecule has 0 bridgehead atoms. The molecule has 0 saturated carbocycles. The van der Waals surface area contributed by atoms with Crippen molar-refractivity contribution in [3.63, 3.8) is 0 Å². The molecule has 0 fully saturated rings. The zero-order chi connectivity index (χ0) is 44.0. The Bertz CT molecular complexity index is 4060. The fourth-order valence-electron chi connectivity index (χ4n) is 9.43. The fraction of sp³-hybridized carbons (Fsp3) is 0. The van der Waals surface area contributed by atoms with Gasteiger partial charge in [0, 0.05) is 57.2 Å². The molecule has 0 amide bonds. The van der Waals surface area contributed by atoms with Gasteiger partial charge in [-0.1, -0.05) is 82.7 Å². The van der Waals surface area contributed by atoms with Gasteiger partial charge < -0.3 is 23.2 Å². The van der Waals surface area contributed by atoms with Gasteiger partial charge in [0.2, 0.25) is 5.95 Å². The Morgan fingerprint density at radius 2 is 0.681 bits per heavy atom. The molecule has 0 unspecified atom stereocenters. The molecule has 6 aromatic heterocycles. The number of hydrogen-bond acceptors (Lipinski definition) is 8. The van der Waals surface area contributed by atoms with Gasteiger partial charge in [-0.25, -0.2) is 29.9 Å². The van der Waals surface area contributed by atoms with E-state index in [1.54, 1.807) is 31.1 Å². The third-order valence-corrected chi connectivity index (χ3v) is 12.3. The third kappa shape index (κ3) is 6.79. The number of fused-ring (bicyclic) bond motifs is 11. The molecule has 0 aliphatic carbocycles. The summed E-state index contributed by atoms with van der Waals surface area (Å²) in [7, 11) is 0. The summed E-state index contributed by atoms with van der Waals surface area (Å²) in [4.78, 5) is 28.0. The Labute approximate surface area is 421 Å². The molecule has 11 nitrogen and oxygen atoms in total. The van der Waals surface area contributed by atoms with Crippen molar-refractivity contribution >= 4 is 87.2 Å². The molecule has 13 heteroatoms. The van der Waals surface area contributed by atoms with Crippen molar-refractivity contribution in [3.8, 4) is 40.6 Å². The molecular formula is C56H29N9O2Pt2. The van der Waals surface area contributed by atoms with Crippen molar-refractivity contribution in [2.45, 2.75) is 0 Å². The van der Waals surface area contributed by atoms with Crippen LogP contribution in [0.3, 0.4) is 0 Å². The van der Waals surface area contributed by atoms with Crippen LogP contribution in [0.4, 0.5) is 0 Å². The summed E-state index contributed by atoms with van der Waals surface area (Å²) in [6.45, 7) is 0. The Balaban J connectivity index is 0.00000246. The van der Waals surface area contributed by atoms with E-state index in [1.807, 2.05) is 114 Å². The number of hydrogen-bond donors (Lipinski definition) is 0. The molecule has 14 aromatic rings. The van der Waals surface area contributed by atoms with Gasteiger partial charge in [0.25, 0.3) is 0 Å². The van der Waals surface area contributed by atoms with Crippen LogP contribution in [0.1, 0.15) is 0 Å². The van der Waals surface area contributed by atoms with E-state index in [2.05, 4.69) is 89.7 Å². The van der Waals surface area contributed by atoms with Crippen LogP contribution >= 0.6 is 0 Å². The van der Waals surface area contributed by atoms with E-state index in [9.17, 15) is 0 Å². The summed E-state index contributed by atoms with van der Waals surface area (Å²) in [6, 6.07) is 64.6. The zero-order valence-corrected chi connectivity index (χ0v) is 40.3. The van der Waals surface area contributed by atoms with Crippen LogP contribution in [0.2, 0.25) is 0 Å². The third-order valence-electron chi connectivity index (χ3n) is 12.3. The molecule has 6 heterocycles. The summed E-state index contributed by atoms with van der Waals surface area (Å²) >= 11 is 0. The Morgan fingerprint density at radius 3 is 1.12 bits per heavy atom. The molecule has 0 atom stereocenters. The Kier molecular flexibility index (Phi) is 10.3. The number of para-hydroxylation sites is 4. The summed E-state index contributed by atoms with van der Waals surface area (Å²) < 4.78 is 19.4. The van der Waals surface area contributed by atoms with Crippen molar-refractivity contribution in [1.29, 1.82) is 0 Å². The first-order valence-corrected chi connectivity index (χ1v) is 21.6. The number of aromatic nitrogens is 9. The summed E-state index contributed by atoms with van der Waals surface area (Å²) in [6.07, 6.45) is 6.64. The summed E-state index contributed by atoms with van der Waals surface area (Å²) in [5, 5.41) is 7.93.